The minimum absolute atomic E-state index is 0.0320. The molecular weight excluding hydrogens is 324 g/mol. The summed E-state index contributed by atoms with van der Waals surface area (Å²) in [5.74, 6) is 0.229. The molecule has 0 saturated heterocycles. The lowest BCUT2D eigenvalue weighted by Gasteiger charge is -2.25. The van der Waals surface area contributed by atoms with Crippen molar-refractivity contribution in [3.63, 3.8) is 0 Å². The highest BCUT2D eigenvalue weighted by Crippen LogP contribution is 2.36. The van der Waals surface area contributed by atoms with Gasteiger partial charge in [0.2, 0.25) is 5.91 Å². The molecule has 26 heavy (non-hydrogen) atoms. The van der Waals surface area contributed by atoms with E-state index in [4.69, 9.17) is 0 Å². The van der Waals surface area contributed by atoms with Crippen LogP contribution in [-0.4, -0.2) is 21.7 Å². The minimum atomic E-state index is -0.127. The molecule has 0 bridgehead atoms. The van der Waals surface area contributed by atoms with Gasteiger partial charge in [0.15, 0.2) is 0 Å². The van der Waals surface area contributed by atoms with E-state index in [-0.39, 0.29) is 23.6 Å². The van der Waals surface area contributed by atoms with E-state index >= 15 is 0 Å². The fourth-order valence-corrected chi connectivity index (χ4v) is 3.47. The van der Waals surface area contributed by atoms with E-state index in [0.717, 1.165) is 24.1 Å². The molecule has 0 aliphatic carbocycles. The molecule has 1 amide bonds. The fraction of sp³-hybridized carbons (Fsp3) is 0.364. The quantitative estimate of drug-likeness (QED) is 0.841. The zero-order valence-corrected chi connectivity index (χ0v) is 15.6. The van der Waals surface area contributed by atoms with Gasteiger partial charge in [-0.1, -0.05) is 55.8 Å². The Hall–Kier alpha value is -2.62. The fourth-order valence-electron chi connectivity index (χ4n) is 3.47. The smallest absolute Gasteiger partial charge is 0.246 e. The Morgan fingerprint density at radius 3 is 2.42 bits per heavy atom. The minimum Gasteiger partial charge on any atom is -0.507 e. The first-order valence-corrected chi connectivity index (χ1v) is 9.30. The van der Waals surface area contributed by atoms with Crippen LogP contribution in [0.2, 0.25) is 0 Å². The van der Waals surface area contributed by atoms with Crippen molar-refractivity contribution in [2.45, 2.75) is 46.1 Å². The van der Waals surface area contributed by atoms with Crippen molar-refractivity contribution in [1.82, 2.24) is 5.01 Å². The Balaban J connectivity index is 1.99. The topological polar surface area (TPSA) is 52.9 Å². The number of aromatic hydroxyl groups is 1. The third-order valence-corrected chi connectivity index (χ3v) is 5.15. The molecule has 0 unspecified atom stereocenters. The third kappa shape index (κ3) is 3.50. The lowest BCUT2D eigenvalue weighted by molar-refractivity contribution is -0.137. The van der Waals surface area contributed by atoms with Crippen molar-refractivity contribution in [2.75, 3.05) is 0 Å². The first-order valence-electron chi connectivity index (χ1n) is 9.30. The average Bonchev–Trinajstić information content (AvgIpc) is 3.08. The Morgan fingerprint density at radius 1 is 1.15 bits per heavy atom. The number of amides is 1. The number of para-hydroxylation sites is 1. The lowest BCUT2D eigenvalue weighted by Crippen LogP contribution is -2.32. The van der Waals surface area contributed by atoms with Crippen LogP contribution in [0.1, 0.15) is 55.8 Å². The summed E-state index contributed by atoms with van der Waals surface area (Å²) in [5, 5.41) is 16.5. The van der Waals surface area contributed by atoms with Gasteiger partial charge < -0.3 is 5.11 Å². The Kier molecular flexibility index (Phi) is 5.40. The molecule has 0 fully saturated rings. The molecule has 0 aromatic heterocycles. The highest BCUT2D eigenvalue weighted by Gasteiger charge is 2.35. The summed E-state index contributed by atoms with van der Waals surface area (Å²) in [7, 11) is 0. The van der Waals surface area contributed by atoms with Crippen LogP contribution < -0.4 is 0 Å². The maximum Gasteiger partial charge on any atom is 0.246 e. The van der Waals surface area contributed by atoms with Gasteiger partial charge in [0.25, 0.3) is 0 Å². The van der Waals surface area contributed by atoms with Crippen LogP contribution in [0, 0.1) is 12.8 Å². The first-order chi connectivity index (χ1) is 12.5. The van der Waals surface area contributed by atoms with Gasteiger partial charge in [-0.25, -0.2) is 5.01 Å². The molecule has 1 atom stereocenters. The van der Waals surface area contributed by atoms with Crippen LogP contribution in [0.15, 0.2) is 53.6 Å². The predicted molar refractivity (Wildman–Crippen MR) is 104 cm³/mol. The van der Waals surface area contributed by atoms with Gasteiger partial charge in [-0.3, -0.25) is 4.79 Å². The van der Waals surface area contributed by atoms with Crippen LogP contribution in [0.4, 0.5) is 0 Å². The van der Waals surface area contributed by atoms with Crippen LogP contribution in [0.5, 0.6) is 5.75 Å². The number of carbonyl (C=O) groups is 1. The van der Waals surface area contributed by atoms with E-state index in [2.05, 4.69) is 36.3 Å². The van der Waals surface area contributed by atoms with Crippen molar-refractivity contribution in [3.8, 4) is 5.75 Å². The summed E-state index contributed by atoms with van der Waals surface area (Å²) in [6.07, 6.45) is 2.20. The standard InChI is InChI=1S/C22H26N2O2/c1-4-16(5-2)22(26)24-20(17-12-10-15(3)11-13-17)14-19(23-24)18-8-6-7-9-21(18)25/h6-13,16,20,25H,4-5,14H2,1-3H3/t20-/m0/s1. The highest BCUT2D eigenvalue weighted by atomic mass is 16.3. The van der Waals surface area contributed by atoms with E-state index in [9.17, 15) is 9.90 Å². The van der Waals surface area contributed by atoms with Crippen molar-refractivity contribution in [1.29, 1.82) is 0 Å². The van der Waals surface area contributed by atoms with Gasteiger partial charge in [-0.15, -0.1) is 0 Å². The summed E-state index contributed by atoms with van der Waals surface area (Å²) in [4.78, 5) is 13.1. The summed E-state index contributed by atoms with van der Waals surface area (Å²) in [6, 6.07) is 15.3. The van der Waals surface area contributed by atoms with Gasteiger partial charge in [0.05, 0.1) is 11.8 Å². The van der Waals surface area contributed by atoms with Gasteiger partial charge in [0, 0.05) is 17.9 Å². The number of benzene rings is 2. The number of phenolic OH excluding ortho intramolecular Hbond substituents is 1. The first kappa shape index (κ1) is 18.2. The summed E-state index contributed by atoms with van der Waals surface area (Å²) in [5.41, 5.74) is 3.72. The third-order valence-electron chi connectivity index (χ3n) is 5.15. The molecule has 0 saturated carbocycles. The van der Waals surface area contributed by atoms with Crippen LogP contribution in [-0.2, 0) is 4.79 Å². The molecule has 2 aromatic rings. The Labute approximate surface area is 155 Å². The van der Waals surface area contributed by atoms with Crippen molar-refractivity contribution in [3.05, 3.63) is 65.2 Å². The number of hydrogen-bond acceptors (Lipinski definition) is 3. The lowest BCUT2D eigenvalue weighted by atomic mass is 9.96. The highest BCUT2D eigenvalue weighted by molar-refractivity contribution is 6.05. The second kappa shape index (κ2) is 7.73. The Morgan fingerprint density at radius 2 is 1.81 bits per heavy atom. The van der Waals surface area contributed by atoms with Crippen LogP contribution >= 0.6 is 0 Å². The average molecular weight is 350 g/mol. The molecule has 1 heterocycles. The summed E-state index contributed by atoms with van der Waals surface area (Å²) >= 11 is 0. The van der Waals surface area contributed by atoms with Crippen LogP contribution in [0.25, 0.3) is 0 Å². The van der Waals surface area contributed by atoms with Crippen molar-refractivity contribution >= 4 is 11.6 Å². The molecular formula is C22H26N2O2. The monoisotopic (exact) mass is 350 g/mol. The number of rotatable bonds is 5. The number of nitrogens with zero attached hydrogens (tertiary/aromatic N) is 2. The van der Waals surface area contributed by atoms with Gasteiger partial charge in [-0.2, -0.15) is 5.10 Å². The van der Waals surface area contributed by atoms with E-state index in [1.54, 1.807) is 17.1 Å². The maximum atomic E-state index is 13.1. The molecule has 1 aliphatic rings. The number of hydrazone groups is 1. The number of carbonyl (C=O) groups excluding carboxylic acids is 1. The van der Waals surface area contributed by atoms with Gasteiger partial charge >= 0.3 is 0 Å². The van der Waals surface area contributed by atoms with Gasteiger partial charge in [0.1, 0.15) is 5.75 Å². The molecule has 2 aromatic carbocycles. The summed E-state index contributed by atoms with van der Waals surface area (Å²) in [6.45, 7) is 6.13. The number of aryl methyl sites for hydroxylation is 1. The van der Waals surface area contributed by atoms with Crippen molar-refractivity contribution in [2.24, 2.45) is 11.0 Å². The number of hydrogen-bond donors (Lipinski definition) is 1. The normalized spacial score (nSPS) is 16.8. The zero-order chi connectivity index (χ0) is 18.7. The second-order valence-corrected chi connectivity index (χ2v) is 6.89. The molecule has 1 aliphatic heterocycles. The SMILES string of the molecule is CCC(CC)C(=O)N1N=C(c2ccccc2O)C[C@H]1c1ccc(C)cc1. The van der Waals surface area contributed by atoms with E-state index in [1.165, 1.54) is 5.56 Å². The molecule has 0 radical (unpaired) electrons. The molecule has 0 spiro atoms. The predicted octanol–water partition coefficient (Wildman–Crippen LogP) is 4.81. The van der Waals surface area contributed by atoms with Gasteiger partial charge in [-0.05, 0) is 37.5 Å². The van der Waals surface area contributed by atoms with E-state index in [0.29, 0.717) is 12.0 Å². The number of phenols is 1. The Bertz CT molecular complexity index is 807. The van der Waals surface area contributed by atoms with E-state index in [1.807, 2.05) is 26.0 Å². The summed E-state index contributed by atoms with van der Waals surface area (Å²) < 4.78 is 0. The van der Waals surface area contributed by atoms with Crippen LogP contribution in [0.3, 0.4) is 0 Å². The molecule has 136 valence electrons. The molecule has 4 nitrogen and oxygen atoms in total. The molecule has 1 N–H and O–H groups in total. The maximum absolute atomic E-state index is 13.1. The molecule has 3 rings (SSSR count). The van der Waals surface area contributed by atoms with Crippen molar-refractivity contribution < 1.29 is 9.90 Å². The zero-order valence-electron chi connectivity index (χ0n) is 15.6. The second-order valence-electron chi connectivity index (χ2n) is 6.89. The molecule has 4 heteroatoms. The largest absolute Gasteiger partial charge is 0.507 e. The van der Waals surface area contributed by atoms with E-state index < -0.39 is 0 Å².